The van der Waals surface area contributed by atoms with Crippen LogP contribution in [0.25, 0.3) is 0 Å². The first-order chi connectivity index (χ1) is 13.2. The first-order valence-electron chi connectivity index (χ1n) is 9.52. The van der Waals surface area contributed by atoms with Gasteiger partial charge in [0, 0.05) is 5.54 Å². The lowest BCUT2D eigenvalue weighted by molar-refractivity contribution is 0.0605. The molecule has 1 unspecified atom stereocenters. The van der Waals surface area contributed by atoms with Gasteiger partial charge >= 0.3 is 12.2 Å². The Bertz CT molecular complexity index is 802. The molecule has 2 heterocycles. The van der Waals surface area contributed by atoms with E-state index in [2.05, 4.69) is 0 Å². The van der Waals surface area contributed by atoms with Crippen molar-refractivity contribution in [3.8, 4) is 0 Å². The second-order valence-corrected chi connectivity index (χ2v) is 9.85. The fourth-order valence-electron chi connectivity index (χ4n) is 4.33. The molecule has 28 heavy (non-hydrogen) atoms. The Morgan fingerprint density at radius 1 is 1.36 bits per heavy atom. The van der Waals surface area contributed by atoms with Crippen molar-refractivity contribution < 1.29 is 23.8 Å². The molecule has 1 saturated carbocycles. The molecule has 0 aromatic heterocycles. The zero-order chi connectivity index (χ0) is 20.2. The number of benzene rings is 1. The maximum absolute atomic E-state index is 14.7. The summed E-state index contributed by atoms with van der Waals surface area (Å²) in [5.74, 6) is 3.41. The second-order valence-electron chi connectivity index (χ2n) is 8.78. The number of nitrogens with zero attached hydrogens (tertiary/aromatic N) is 2. The number of amides is 2. The highest BCUT2D eigenvalue weighted by molar-refractivity contribution is 7.99. The van der Waals surface area contributed by atoms with E-state index in [9.17, 15) is 19.1 Å². The van der Waals surface area contributed by atoms with Gasteiger partial charge in [-0.25, -0.2) is 14.0 Å². The van der Waals surface area contributed by atoms with Gasteiger partial charge in [0.15, 0.2) is 0 Å². The molecule has 152 valence electrons. The third-order valence-corrected chi connectivity index (χ3v) is 7.15. The smallest absolute Gasteiger partial charge is 0.414 e. The second kappa shape index (κ2) is 6.83. The molecule has 3 aliphatic rings. The average Bonchev–Trinajstić information content (AvgIpc) is 2.93. The number of rotatable bonds is 4. The van der Waals surface area contributed by atoms with Gasteiger partial charge in [-0.2, -0.15) is 11.8 Å². The van der Waals surface area contributed by atoms with Crippen LogP contribution in [0.3, 0.4) is 0 Å². The van der Waals surface area contributed by atoms with Gasteiger partial charge in [0.25, 0.3) is 0 Å². The lowest BCUT2D eigenvalue weighted by Gasteiger charge is -2.34. The number of anilines is 1. The van der Waals surface area contributed by atoms with Crippen LogP contribution in [-0.4, -0.2) is 58.4 Å². The van der Waals surface area contributed by atoms with Gasteiger partial charge in [-0.1, -0.05) is 6.07 Å². The van der Waals surface area contributed by atoms with Crippen LogP contribution < -0.4 is 4.90 Å². The van der Waals surface area contributed by atoms with Gasteiger partial charge in [-0.05, 0) is 67.7 Å². The predicted octanol–water partition coefficient (Wildman–Crippen LogP) is 4.01. The minimum Gasteiger partial charge on any atom is -0.465 e. The third-order valence-electron chi connectivity index (χ3n) is 5.91. The van der Waals surface area contributed by atoms with E-state index in [0.29, 0.717) is 23.4 Å². The van der Waals surface area contributed by atoms with Crippen LogP contribution in [0.4, 0.5) is 19.7 Å². The van der Waals surface area contributed by atoms with Crippen LogP contribution >= 0.6 is 11.8 Å². The van der Waals surface area contributed by atoms with E-state index in [-0.39, 0.29) is 18.9 Å². The number of carbonyl (C=O) groups excluding carboxylic acids is 1. The summed E-state index contributed by atoms with van der Waals surface area (Å²) in [6, 6.07) is 4.96. The molecule has 2 saturated heterocycles. The van der Waals surface area contributed by atoms with Gasteiger partial charge in [-0.15, -0.1) is 0 Å². The van der Waals surface area contributed by atoms with Crippen molar-refractivity contribution in [2.75, 3.05) is 29.5 Å². The van der Waals surface area contributed by atoms with Crippen LogP contribution in [0.2, 0.25) is 0 Å². The summed E-state index contributed by atoms with van der Waals surface area (Å²) < 4.78 is 20.1. The van der Waals surface area contributed by atoms with Gasteiger partial charge in [0.1, 0.15) is 11.9 Å². The summed E-state index contributed by atoms with van der Waals surface area (Å²) in [5, 5.41) is 9.43. The maximum atomic E-state index is 14.7. The summed E-state index contributed by atoms with van der Waals surface area (Å²) in [6.07, 6.45) is -2.23. The zero-order valence-corrected chi connectivity index (χ0v) is 17.0. The van der Waals surface area contributed by atoms with Gasteiger partial charge in [0.05, 0.1) is 18.8 Å². The van der Waals surface area contributed by atoms with E-state index in [4.69, 9.17) is 4.74 Å². The Hall–Kier alpha value is -1.96. The minimum atomic E-state index is -1.06. The molecule has 3 fully saturated rings. The molecule has 6 nitrogen and oxygen atoms in total. The molecule has 1 N–H and O–H groups in total. The molecule has 1 aromatic rings. The molecule has 2 amide bonds. The highest BCUT2D eigenvalue weighted by atomic mass is 32.2. The molecular weight excluding hydrogens is 383 g/mol. The van der Waals surface area contributed by atoms with Crippen LogP contribution in [0.1, 0.15) is 32.3 Å². The molecule has 2 aliphatic heterocycles. The fourth-order valence-corrected chi connectivity index (χ4v) is 5.91. The minimum absolute atomic E-state index is 0.0741. The lowest BCUT2D eigenvalue weighted by atomic mass is 10.1. The summed E-state index contributed by atoms with van der Waals surface area (Å²) in [4.78, 5) is 26.5. The van der Waals surface area contributed by atoms with E-state index in [1.165, 1.54) is 15.9 Å². The van der Waals surface area contributed by atoms with Crippen LogP contribution in [0.15, 0.2) is 18.2 Å². The van der Waals surface area contributed by atoms with E-state index in [1.54, 1.807) is 32.9 Å². The van der Waals surface area contributed by atoms with Crippen LogP contribution in [0, 0.1) is 17.7 Å². The molecule has 0 bridgehead atoms. The van der Waals surface area contributed by atoms with E-state index in [1.807, 2.05) is 11.8 Å². The van der Waals surface area contributed by atoms with Crippen molar-refractivity contribution in [2.24, 2.45) is 11.8 Å². The van der Waals surface area contributed by atoms with Crippen LogP contribution in [-0.2, 0) is 4.74 Å². The number of carboxylic acid groups (broad SMARTS) is 1. The number of halogens is 1. The van der Waals surface area contributed by atoms with Gasteiger partial charge < -0.3 is 9.84 Å². The van der Waals surface area contributed by atoms with Crippen molar-refractivity contribution in [1.82, 2.24) is 4.90 Å². The summed E-state index contributed by atoms with van der Waals surface area (Å²) in [6.45, 7) is 5.63. The van der Waals surface area contributed by atoms with Crippen molar-refractivity contribution in [3.05, 3.63) is 29.6 Å². The molecule has 1 aliphatic carbocycles. The summed E-state index contributed by atoms with van der Waals surface area (Å²) >= 11 is 1.93. The van der Waals surface area contributed by atoms with Gasteiger partial charge in [-0.3, -0.25) is 9.80 Å². The van der Waals surface area contributed by atoms with E-state index in [0.717, 1.165) is 17.1 Å². The summed E-state index contributed by atoms with van der Waals surface area (Å²) in [7, 11) is 0. The number of thioether (sulfide) groups is 1. The summed E-state index contributed by atoms with van der Waals surface area (Å²) in [5.41, 5.74) is 0.583. The first-order valence-corrected chi connectivity index (χ1v) is 10.7. The number of hydrogen-bond donors (Lipinski definition) is 1. The Balaban J connectivity index is 1.46. The molecule has 4 rings (SSSR count). The molecule has 8 heteroatoms. The number of cyclic esters (lactones) is 1. The predicted molar refractivity (Wildman–Crippen MR) is 106 cm³/mol. The zero-order valence-electron chi connectivity index (χ0n) is 16.2. The Morgan fingerprint density at radius 3 is 2.61 bits per heavy atom. The maximum Gasteiger partial charge on any atom is 0.414 e. The average molecular weight is 408 g/mol. The standard InChI is InChI=1S/C20H25FN2O4S/c1-20(2,3)23(18(24)25)8-12-7-22(19(26)27-12)11-4-5-13(16(21)6-11)17-14-9-28-10-15(14)17/h4-6,12,14-15,17H,7-10H2,1-3H3,(H,24,25)/t12-,14-,15+,17?/m0/s1. The Kier molecular flexibility index (Phi) is 4.72. The largest absolute Gasteiger partial charge is 0.465 e. The van der Waals surface area contributed by atoms with Crippen LogP contribution in [0.5, 0.6) is 0 Å². The number of carbonyl (C=O) groups is 2. The van der Waals surface area contributed by atoms with Gasteiger partial charge in [0.2, 0.25) is 0 Å². The van der Waals surface area contributed by atoms with E-state index >= 15 is 0 Å². The molecule has 1 aromatic carbocycles. The molecule has 0 radical (unpaired) electrons. The number of fused-ring (bicyclic) bond motifs is 1. The van der Waals surface area contributed by atoms with E-state index < -0.39 is 23.8 Å². The quantitative estimate of drug-likeness (QED) is 0.815. The Labute approximate surface area is 168 Å². The van der Waals surface area contributed by atoms with Crippen molar-refractivity contribution >= 4 is 29.6 Å². The Morgan fingerprint density at radius 2 is 2.04 bits per heavy atom. The first kappa shape index (κ1) is 19.4. The third kappa shape index (κ3) is 3.43. The number of ether oxygens (including phenoxy) is 1. The lowest BCUT2D eigenvalue weighted by Crippen LogP contribution is -2.49. The highest BCUT2D eigenvalue weighted by Crippen LogP contribution is 2.61. The monoisotopic (exact) mass is 408 g/mol. The SMILES string of the molecule is CC(C)(C)N(C[C@@H]1CN(c2ccc(C3[C@H]4CSC[C@@H]34)c(F)c2)C(=O)O1)C(=O)O. The molecule has 0 spiro atoms. The van der Waals surface area contributed by atoms with Crippen molar-refractivity contribution in [3.63, 3.8) is 0 Å². The number of hydrogen-bond acceptors (Lipinski definition) is 4. The highest BCUT2D eigenvalue weighted by Gasteiger charge is 2.54. The fraction of sp³-hybridized carbons (Fsp3) is 0.600. The molecular formula is C20H25FN2O4S. The normalized spacial score (nSPS) is 28.9. The topological polar surface area (TPSA) is 70.1 Å². The van der Waals surface area contributed by atoms with Crippen molar-refractivity contribution in [2.45, 2.75) is 38.3 Å². The molecule has 4 atom stereocenters. The van der Waals surface area contributed by atoms with Crippen molar-refractivity contribution in [1.29, 1.82) is 0 Å².